The van der Waals surface area contributed by atoms with Crippen LogP contribution >= 0.6 is 0 Å². The van der Waals surface area contributed by atoms with Gasteiger partial charge in [0.25, 0.3) is 0 Å². The summed E-state index contributed by atoms with van der Waals surface area (Å²) in [5, 5.41) is 29.4. The van der Waals surface area contributed by atoms with Crippen molar-refractivity contribution in [3.63, 3.8) is 0 Å². The Morgan fingerprint density at radius 3 is 2.52 bits per heavy atom. The lowest BCUT2D eigenvalue weighted by atomic mass is 10.2. The van der Waals surface area contributed by atoms with Gasteiger partial charge in [0.15, 0.2) is 5.57 Å². The van der Waals surface area contributed by atoms with Crippen LogP contribution in [0.5, 0.6) is 0 Å². The first kappa shape index (κ1) is 14.1. The zero-order chi connectivity index (χ0) is 15.4. The van der Waals surface area contributed by atoms with Crippen molar-refractivity contribution in [2.45, 2.75) is 20.4 Å². The Morgan fingerprint density at radius 2 is 1.95 bits per heavy atom. The molecule has 0 aliphatic carbocycles. The second kappa shape index (κ2) is 5.77. The van der Waals surface area contributed by atoms with Crippen LogP contribution in [0.4, 0.5) is 5.69 Å². The molecule has 1 aromatic heterocycles. The van der Waals surface area contributed by atoms with Crippen LogP contribution in [0.2, 0.25) is 0 Å². The van der Waals surface area contributed by atoms with E-state index in [9.17, 15) is 0 Å². The maximum atomic E-state index is 9.03. The van der Waals surface area contributed by atoms with Crippen LogP contribution < -0.4 is 5.32 Å². The molecule has 0 aliphatic rings. The van der Waals surface area contributed by atoms with E-state index in [2.05, 4.69) is 14.9 Å². The number of aryl methyl sites for hydroxylation is 2. The third-order valence-electron chi connectivity index (χ3n) is 3.11. The molecule has 0 fully saturated rings. The van der Waals surface area contributed by atoms with Crippen molar-refractivity contribution in [1.82, 2.24) is 9.55 Å². The Bertz CT molecular complexity index is 835. The Kier molecular flexibility index (Phi) is 3.88. The zero-order valence-electron chi connectivity index (χ0n) is 11.7. The monoisotopic (exact) mass is 276 g/mol. The van der Waals surface area contributed by atoms with Crippen molar-refractivity contribution in [2.75, 3.05) is 5.32 Å². The lowest BCUT2D eigenvalue weighted by Gasteiger charge is -2.05. The van der Waals surface area contributed by atoms with E-state index in [-0.39, 0.29) is 11.3 Å². The normalized spacial score (nSPS) is 9.48. The van der Waals surface area contributed by atoms with Crippen molar-refractivity contribution in [3.8, 4) is 18.2 Å². The summed E-state index contributed by atoms with van der Waals surface area (Å²) in [7, 11) is 0. The lowest BCUT2D eigenvalue weighted by molar-refractivity contribution is 0.753. The van der Waals surface area contributed by atoms with E-state index in [1.54, 1.807) is 24.3 Å². The van der Waals surface area contributed by atoms with Gasteiger partial charge in [-0.25, -0.2) is 4.98 Å². The summed E-state index contributed by atoms with van der Waals surface area (Å²) in [4.78, 5) is 4.46. The first-order valence-electron chi connectivity index (χ1n) is 6.33. The summed E-state index contributed by atoms with van der Waals surface area (Å²) < 4.78 is 2.08. The van der Waals surface area contributed by atoms with Gasteiger partial charge >= 0.3 is 0 Å². The molecular weight excluding hydrogens is 264 g/mol. The van der Waals surface area contributed by atoms with Gasteiger partial charge in [0.05, 0.1) is 11.0 Å². The minimum Gasteiger partial charge on any atom is -0.345 e. The highest BCUT2D eigenvalue weighted by Crippen LogP contribution is 2.21. The Labute approximate surface area is 122 Å². The number of nitriles is 3. The average Bonchev–Trinajstić information content (AvgIpc) is 2.81. The Balaban J connectivity index is 2.47. The van der Waals surface area contributed by atoms with Gasteiger partial charge in [-0.05, 0) is 32.0 Å². The van der Waals surface area contributed by atoms with Gasteiger partial charge in [0.2, 0.25) is 0 Å². The van der Waals surface area contributed by atoms with Crippen LogP contribution in [-0.2, 0) is 6.54 Å². The Morgan fingerprint density at radius 1 is 1.24 bits per heavy atom. The molecular formula is C15H12N6. The van der Waals surface area contributed by atoms with E-state index < -0.39 is 0 Å². The smallest absolute Gasteiger partial charge is 0.163 e. The molecule has 2 aromatic rings. The van der Waals surface area contributed by atoms with Gasteiger partial charge in [-0.15, -0.1) is 0 Å². The van der Waals surface area contributed by atoms with Crippen LogP contribution in [0.25, 0.3) is 11.0 Å². The van der Waals surface area contributed by atoms with E-state index in [1.807, 2.05) is 26.0 Å². The SMILES string of the molecule is CCn1c(C)nc2cc(NC(C#N)=C(C#N)C#N)ccc21. The van der Waals surface area contributed by atoms with E-state index in [1.165, 1.54) is 0 Å². The van der Waals surface area contributed by atoms with Crippen molar-refractivity contribution in [1.29, 1.82) is 15.8 Å². The number of aromatic nitrogens is 2. The Hall–Kier alpha value is -3.30. The summed E-state index contributed by atoms with van der Waals surface area (Å²) in [6.07, 6.45) is 0. The number of rotatable bonds is 3. The van der Waals surface area contributed by atoms with Gasteiger partial charge in [-0.1, -0.05) is 0 Å². The third-order valence-corrected chi connectivity index (χ3v) is 3.11. The summed E-state index contributed by atoms with van der Waals surface area (Å²) in [5.74, 6) is 0.912. The topological polar surface area (TPSA) is 101 Å². The molecule has 21 heavy (non-hydrogen) atoms. The van der Waals surface area contributed by atoms with Crippen molar-refractivity contribution >= 4 is 16.7 Å². The molecule has 2 rings (SSSR count). The summed E-state index contributed by atoms with van der Waals surface area (Å²) >= 11 is 0. The number of nitrogens with zero attached hydrogens (tertiary/aromatic N) is 5. The first-order chi connectivity index (χ1) is 10.1. The van der Waals surface area contributed by atoms with E-state index in [4.69, 9.17) is 15.8 Å². The number of anilines is 1. The minimum atomic E-state index is -0.243. The van der Waals surface area contributed by atoms with E-state index in [0.29, 0.717) is 5.69 Å². The number of hydrogen-bond donors (Lipinski definition) is 1. The number of allylic oxidation sites excluding steroid dienone is 2. The van der Waals surface area contributed by atoms with Crippen LogP contribution in [0.1, 0.15) is 12.7 Å². The number of hydrogen-bond acceptors (Lipinski definition) is 5. The highest BCUT2D eigenvalue weighted by atomic mass is 15.1. The molecule has 1 N–H and O–H groups in total. The standard InChI is InChI=1S/C15H12N6/c1-3-21-10(2)19-13-6-12(4-5-15(13)21)20-14(9-18)11(7-16)8-17/h4-6,20H,3H2,1-2H3. The first-order valence-corrected chi connectivity index (χ1v) is 6.33. The third kappa shape index (κ3) is 2.54. The number of fused-ring (bicyclic) bond motifs is 1. The number of benzene rings is 1. The molecule has 6 nitrogen and oxygen atoms in total. The summed E-state index contributed by atoms with van der Waals surface area (Å²) in [6.45, 7) is 4.80. The van der Waals surface area contributed by atoms with Gasteiger partial charge in [-0.2, -0.15) is 15.8 Å². The van der Waals surface area contributed by atoms with Crippen molar-refractivity contribution in [3.05, 3.63) is 35.3 Å². The molecule has 6 heteroatoms. The summed E-state index contributed by atoms with van der Waals surface area (Å²) in [5.41, 5.74) is 2.11. The zero-order valence-corrected chi connectivity index (χ0v) is 11.7. The molecule has 0 saturated heterocycles. The van der Waals surface area contributed by atoms with Gasteiger partial charge < -0.3 is 9.88 Å². The molecule has 0 bridgehead atoms. The van der Waals surface area contributed by atoms with Crippen LogP contribution in [-0.4, -0.2) is 9.55 Å². The van der Waals surface area contributed by atoms with Crippen LogP contribution in [0.15, 0.2) is 29.5 Å². The predicted molar refractivity (Wildman–Crippen MR) is 77.6 cm³/mol. The fourth-order valence-corrected chi connectivity index (χ4v) is 2.15. The van der Waals surface area contributed by atoms with Crippen molar-refractivity contribution < 1.29 is 0 Å². The van der Waals surface area contributed by atoms with Gasteiger partial charge in [0, 0.05) is 12.2 Å². The molecule has 0 unspecified atom stereocenters. The molecule has 1 aromatic carbocycles. The number of nitrogens with one attached hydrogen (secondary N) is 1. The molecule has 0 atom stereocenters. The molecule has 102 valence electrons. The second-order valence-electron chi connectivity index (χ2n) is 4.32. The molecule has 0 radical (unpaired) electrons. The minimum absolute atomic E-state index is 0.0639. The fourth-order valence-electron chi connectivity index (χ4n) is 2.15. The molecule has 0 spiro atoms. The summed E-state index contributed by atoms with van der Waals surface area (Å²) in [6, 6.07) is 10.7. The molecule has 1 heterocycles. The quantitative estimate of drug-likeness (QED) is 0.868. The fraction of sp³-hybridized carbons (Fsp3) is 0.200. The molecule has 0 amide bonds. The average molecular weight is 276 g/mol. The largest absolute Gasteiger partial charge is 0.345 e. The maximum Gasteiger partial charge on any atom is 0.163 e. The molecule has 0 aliphatic heterocycles. The maximum absolute atomic E-state index is 9.03. The second-order valence-corrected chi connectivity index (χ2v) is 4.32. The molecule has 0 saturated carbocycles. The lowest BCUT2D eigenvalue weighted by Crippen LogP contribution is -2.00. The van der Waals surface area contributed by atoms with Crippen LogP contribution in [0, 0.1) is 40.9 Å². The van der Waals surface area contributed by atoms with Crippen molar-refractivity contribution in [2.24, 2.45) is 0 Å². The van der Waals surface area contributed by atoms with Gasteiger partial charge in [0.1, 0.15) is 29.7 Å². The highest BCUT2D eigenvalue weighted by molar-refractivity contribution is 5.81. The predicted octanol–water partition coefficient (Wildman–Crippen LogP) is 2.60. The van der Waals surface area contributed by atoms with Gasteiger partial charge in [-0.3, -0.25) is 0 Å². The highest BCUT2D eigenvalue weighted by Gasteiger charge is 2.09. The van der Waals surface area contributed by atoms with E-state index >= 15 is 0 Å². The van der Waals surface area contributed by atoms with E-state index in [0.717, 1.165) is 23.4 Å². The van der Waals surface area contributed by atoms with Crippen LogP contribution in [0.3, 0.4) is 0 Å². The number of imidazole rings is 1.